The van der Waals surface area contributed by atoms with Gasteiger partial charge in [0, 0.05) is 17.1 Å². The molecule has 196 valence electrons. The van der Waals surface area contributed by atoms with E-state index in [0.717, 1.165) is 41.6 Å². The van der Waals surface area contributed by atoms with E-state index in [1.807, 2.05) is 18.2 Å². The molecule has 0 bridgehead atoms. The minimum atomic E-state index is -4.18. The molecule has 38 heavy (non-hydrogen) atoms. The number of sulfonamides is 1. The van der Waals surface area contributed by atoms with E-state index in [1.54, 1.807) is 30.3 Å². The number of hydrogen-bond acceptors (Lipinski definition) is 6. The Balaban J connectivity index is 1.59. The maximum Gasteiger partial charge on any atom is 0.284 e. The van der Waals surface area contributed by atoms with Gasteiger partial charge in [-0.05, 0) is 65.9 Å². The summed E-state index contributed by atoms with van der Waals surface area (Å²) < 4.78 is 54.0. The first-order valence-electron chi connectivity index (χ1n) is 11.2. The Morgan fingerprint density at radius 2 is 1.84 bits per heavy atom. The molecular weight excluding hydrogens is 551 g/mol. The fourth-order valence-electron chi connectivity index (χ4n) is 3.44. The summed E-state index contributed by atoms with van der Waals surface area (Å²) >= 11 is 7.11. The van der Waals surface area contributed by atoms with Crippen molar-refractivity contribution in [1.29, 1.82) is 0 Å². The van der Waals surface area contributed by atoms with Crippen molar-refractivity contribution in [3.63, 3.8) is 0 Å². The van der Waals surface area contributed by atoms with Crippen LogP contribution in [-0.2, 0) is 21.4 Å². The van der Waals surface area contributed by atoms with E-state index >= 15 is 0 Å². The van der Waals surface area contributed by atoms with Gasteiger partial charge in [0.1, 0.15) is 12.4 Å². The number of halogens is 2. The molecular formula is C27H22ClFN2O5S2. The predicted octanol–water partition coefficient (Wildman–Crippen LogP) is 5.91. The highest BCUT2D eigenvalue weighted by molar-refractivity contribution is 8.19. The molecule has 0 aliphatic carbocycles. The summed E-state index contributed by atoms with van der Waals surface area (Å²) in [5, 5.41) is 0.560. The minimum Gasteiger partial charge on any atom is -0.493 e. The molecule has 4 rings (SSSR count). The standard InChI is InChI=1S/C27H22ClFN2O5S2/c1-3-14-31-26(32)25(37-27(31)30-38(33,34)21-11-9-20(29)10-12-21)16-18-8-13-23(24(15-18)35-2)36-17-19-6-4-5-7-22(19)28/h3-13,15-16H,1,14,17H2,2H3/b25-16-,30-27+. The van der Waals surface area contributed by atoms with Crippen molar-refractivity contribution >= 4 is 50.5 Å². The van der Waals surface area contributed by atoms with Gasteiger partial charge in [0.05, 0.1) is 16.9 Å². The summed E-state index contributed by atoms with van der Waals surface area (Å²) in [6, 6.07) is 16.8. The molecule has 0 radical (unpaired) electrons. The molecule has 3 aromatic rings. The SMILES string of the molecule is C=CCN1C(=O)/C(=C/c2ccc(OCc3ccccc3Cl)c(OC)c2)S/C1=N/S(=O)(=O)c1ccc(F)cc1. The number of thioether (sulfide) groups is 1. The van der Waals surface area contributed by atoms with Gasteiger partial charge in [0.25, 0.3) is 15.9 Å². The summed E-state index contributed by atoms with van der Waals surface area (Å²) in [7, 11) is -2.68. The first kappa shape index (κ1) is 27.4. The number of carbonyl (C=O) groups excluding carboxylic acids is 1. The van der Waals surface area contributed by atoms with E-state index in [2.05, 4.69) is 11.0 Å². The van der Waals surface area contributed by atoms with Gasteiger partial charge in [0.2, 0.25) is 0 Å². The Labute approximate surface area is 229 Å². The molecule has 0 aromatic heterocycles. The van der Waals surface area contributed by atoms with Crippen LogP contribution in [0.15, 0.2) is 93.6 Å². The van der Waals surface area contributed by atoms with Crippen LogP contribution in [-0.4, -0.2) is 38.0 Å². The third-order valence-corrected chi connectivity index (χ3v) is 8.11. The van der Waals surface area contributed by atoms with Crippen molar-refractivity contribution in [2.24, 2.45) is 4.40 Å². The monoisotopic (exact) mass is 572 g/mol. The second kappa shape index (κ2) is 11.8. The maximum absolute atomic E-state index is 13.2. The maximum atomic E-state index is 13.2. The van der Waals surface area contributed by atoms with Gasteiger partial charge in [0.15, 0.2) is 16.7 Å². The van der Waals surface area contributed by atoms with Crippen LogP contribution in [0.5, 0.6) is 11.5 Å². The summed E-state index contributed by atoms with van der Waals surface area (Å²) in [5.74, 6) is -0.0734. The highest BCUT2D eigenvalue weighted by Crippen LogP contribution is 2.36. The lowest BCUT2D eigenvalue weighted by Gasteiger charge is -2.13. The van der Waals surface area contributed by atoms with Crippen molar-refractivity contribution in [2.75, 3.05) is 13.7 Å². The first-order chi connectivity index (χ1) is 18.2. The quantitative estimate of drug-likeness (QED) is 0.234. The van der Waals surface area contributed by atoms with Gasteiger partial charge >= 0.3 is 0 Å². The molecule has 1 amide bonds. The van der Waals surface area contributed by atoms with Crippen LogP contribution < -0.4 is 9.47 Å². The molecule has 0 unspecified atom stereocenters. The van der Waals surface area contributed by atoms with E-state index in [0.29, 0.717) is 22.1 Å². The first-order valence-corrected chi connectivity index (χ1v) is 13.8. The highest BCUT2D eigenvalue weighted by Gasteiger charge is 2.34. The predicted molar refractivity (Wildman–Crippen MR) is 147 cm³/mol. The van der Waals surface area contributed by atoms with Gasteiger partial charge in [-0.1, -0.05) is 41.9 Å². The van der Waals surface area contributed by atoms with Crippen molar-refractivity contribution in [2.45, 2.75) is 11.5 Å². The van der Waals surface area contributed by atoms with Gasteiger partial charge in [-0.15, -0.1) is 11.0 Å². The van der Waals surface area contributed by atoms with Crippen LogP contribution in [0.2, 0.25) is 5.02 Å². The Hall–Kier alpha value is -3.60. The molecule has 1 aliphatic rings. The van der Waals surface area contributed by atoms with Gasteiger partial charge in [-0.2, -0.15) is 8.42 Å². The Morgan fingerprint density at radius 1 is 1.11 bits per heavy atom. The fraction of sp³-hybridized carbons (Fsp3) is 0.111. The van der Waals surface area contributed by atoms with E-state index < -0.39 is 21.7 Å². The molecule has 0 N–H and O–H groups in total. The van der Waals surface area contributed by atoms with E-state index in [4.69, 9.17) is 21.1 Å². The molecule has 1 saturated heterocycles. The van der Waals surface area contributed by atoms with Gasteiger partial charge in [-0.3, -0.25) is 9.69 Å². The average molecular weight is 573 g/mol. The molecule has 0 atom stereocenters. The summed E-state index contributed by atoms with van der Waals surface area (Å²) in [5.41, 5.74) is 1.45. The van der Waals surface area contributed by atoms with Gasteiger partial charge in [-0.25, -0.2) is 4.39 Å². The summed E-state index contributed by atoms with van der Waals surface area (Å²) in [4.78, 5) is 14.4. The van der Waals surface area contributed by atoms with Crippen molar-refractivity contribution in [1.82, 2.24) is 4.90 Å². The zero-order chi connectivity index (χ0) is 27.3. The van der Waals surface area contributed by atoms with Gasteiger partial charge < -0.3 is 9.47 Å². The number of rotatable bonds is 9. The molecule has 0 spiro atoms. The number of amidine groups is 1. The van der Waals surface area contributed by atoms with Crippen molar-refractivity contribution < 1.29 is 27.1 Å². The molecule has 3 aromatic carbocycles. The van der Waals surface area contributed by atoms with E-state index in [1.165, 1.54) is 18.1 Å². The van der Waals surface area contributed by atoms with Crippen molar-refractivity contribution in [3.05, 3.63) is 106 Å². The average Bonchev–Trinajstić information content (AvgIpc) is 3.17. The molecule has 1 heterocycles. The van der Waals surface area contributed by atoms with Crippen LogP contribution in [0.25, 0.3) is 6.08 Å². The molecule has 7 nitrogen and oxygen atoms in total. The normalized spacial score (nSPS) is 15.8. The van der Waals surface area contributed by atoms with Crippen LogP contribution in [0.3, 0.4) is 0 Å². The molecule has 1 aliphatic heterocycles. The lowest BCUT2D eigenvalue weighted by Crippen LogP contribution is -2.29. The summed E-state index contributed by atoms with van der Waals surface area (Å²) in [6.07, 6.45) is 3.08. The lowest BCUT2D eigenvalue weighted by molar-refractivity contribution is -0.121. The Morgan fingerprint density at radius 3 is 2.53 bits per heavy atom. The Kier molecular flexibility index (Phi) is 8.55. The summed E-state index contributed by atoms with van der Waals surface area (Å²) in [6.45, 7) is 3.93. The lowest BCUT2D eigenvalue weighted by atomic mass is 10.1. The van der Waals surface area contributed by atoms with Crippen LogP contribution in [0.4, 0.5) is 4.39 Å². The second-order valence-corrected chi connectivity index (χ2v) is 10.9. The molecule has 0 saturated carbocycles. The zero-order valence-corrected chi connectivity index (χ0v) is 22.5. The molecule has 1 fully saturated rings. The number of carbonyl (C=O) groups is 1. The fourth-order valence-corrected chi connectivity index (χ4v) is 5.82. The highest BCUT2D eigenvalue weighted by atomic mass is 35.5. The largest absolute Gasteiger partial charge is 0.493 e. The van der Waals surface area contributed by atoms with E-state index in [9.17, 15) is 17.6 Å². The number of hydrogen-bond donors (Lipinski definition) is 0. The van der Waals surface area contributed by atoms with Crippen LogP contribution >= 0.6 is 23.4 Å². The minimum absolute atomic E-state index is 0.0304. The number of methoxy groups -OCH3 is 1. The van der Waals surface area contributed by atoms with Crippen LogP contribution in [0.1, 0.15) is 11.1 Å². The second-order valence-electron chi connectivity index (χ2n) is 7.91. The number of ether oxygens (including phenoxy) is 2. The third kappa shape index (κ3) is 6.27. The molecule has 11 heteroatoms. The Bertz CT molecular complexity index is 1540. The van der Waals surface area contributed by atoms with Crippen molar-refractivity contribution in [3.8, 4) is 11.5 Å². The van der Waals surface area contributed by atoms with E-state index in [-0.39, 0.29) is 28.1 Å². The number of amides is 1. The third-order valence-electron chi connectivity index (χ3n) is 5.34. The number of benzene rings is 3. The topological polar surface area (TPSA) is 85.3 Å². The smallest absolute Gasteiger partial charge is 0.284 e. The van der Waals surface area contributed by atoms with Crippen LogP contribution in [0, 0.1) is 5.82 Å². The zero-order valence-electron chi connectivity index (χ0n) is 20.1. The number of nitrogens with zero attached hydrogens (tertiary/aromatic N) is 2.